The molecule has 148 valence electrons. The Bertz CT molecular complexity index is 1070. The predicted octanol–water partition coefficient (Wildman–Crippen LogP) is 4.16. The summed E-state index contributed by atoms with van der Waals surface area (Å²) in [6.07, 6.45) is 0.818. The van der Waals surface area contributed by atoms with Gasteiger partial charge in [-0.1, -0.05) is 60.3 Å². The van der Waals surface area contributed by atoms with Crippen LogP contribution >= 0.6 is 11.8 Å². The highest BCUT2D eigenvalue weighted by Gasteiger charge is 2.17. The molecule has 2 aromatic carbocycles. The summed E-state index contributed by atoms with van der Waals surface area (Å²) in [4.78, 5) is 12.2. The topological polar surface area (TPSA) is 73.0 Å². The molecule has 4 aromatic rings. The first-order valence-corrected chi connectivity index (χ1v) is 10.6. The molecule has 2 heterocycles. The van der Waals surface area contributed by atoms with Crippen LogP contribution in [0.15, 0.2) is 70.2 Å². The molecular weight excluding hydrogens is 384 g/mol. The van der Waals surface area contributed by atoms with Crippen molar-refractivity contribution in [2.24, 2.45) is 0 Å². The van der Waals surface area contributed by atoms with Crippen molar-refractivity contribution in [3.63, 3.8) is 0 Å². The van der Waals surface area contributed by atoms with Gasteiger partial charge in [0.1, 0.15) is 5.58 Å². The number of furan rings is 1. The number of fused-ring (bicyclic) bond motifs is 1. The molecule has 1 N–H and O–H groups in total. The lowest BCUT2D eigenvalue weighted by molar-refractivity contribution is -0.118. The van der Waals surface area contributed by atoms with Gasteiger partial charge in [0.05, 0.1) is 5.75 Å². The van der Waals surface area contributed by atoms with Crippen LogP contribution in [0.1, 0.15) is 12.5 Å². The lowest BCUT2D eigenvalue weighted by Gasteiger charge is -2.07. The number of aromatic nitrogens is 3. The molecule has 0 unspecified atom stereocenters. The van der Waals surface area contributed by atoms with Gasteiger partial charge in [-0.2, -0.15) is 0 Å². The van der Waals surface area contributed by atoms with E-state index in [9.17, 15) is 4.79 Å². The number of benzene rings is 2. The summed E-state index contributed by atoms with van der Waals surface area (Å²) in [5, 5.41) is 13.3. The van der Waals surface area contributed by atoms with Crippen molar-refractivity contribution in [1.29, 1.82) is 0 Å². The molecule has 0 saturated heterocycles. The minimum Gasteiger partial charge on any atom is -0.453 e. The van der Waals surface area contributed by atoms with Crippen molar-refractivity contribution < 1.29 is 9.21 Å². The first-order valence-electron chi connectivity index (χ1n) is 9.60. The third kappa shape index (κ3) is 4.51. The number of thioether (sulfide) groups is 1. The maximum atomic E-state index is 12.2. The van der Waals surface area contributed by atoms with Crippen LogP contribution in [-0.2, 0) is 17.8 Å². The van der Waals surface area contributed by atoms with Crippen LogP contribution in [0.5, 0.6) is 0 Å². The Balaban J connectivity index is 1.37. The molecule has 6 nitrogen and oxygen atoms in total. The summed E-state index contributed by atoms with van der Waals surface area (Å²) >= 11 is 1.38. The Morgan fingerprint density at radius 3 is 2.69 bits per heavy atom. The number of nitrogens with one attached hydrogen (secondary N) is 1. The van der Waals surface area contributed by atoms with Crippen molar-refractivity contribution >= 4 is 28.6 Å². The van der Waals surface area contributed by atoms with Gasteiger partial charge in [-0.25, -0.2) is 0 Å². The monoisotopic (exact) mass is 406 g/mol. The molecule has 1 amide bonds. The van der Waals surface area contributed by atoms with E-state index in [0.717, 1.165) is 17.4 Å². The van der Waals surface area contributed by atoms with E-state index in [1.54, 1.807) is 0 Å². The number of carbonyl (C=O) groups is 1. The van der Waals surface area contributed by atoms with Crippen LogP contribution in [0.4, 0.5) is 0 Å². The number of carbonyl (C=O) groups excluding carboxylic acids is 1. The zero-order valence-corrected chi connectivity index (χ0v) is 17.0. The third-order valence-electron chi connectivity index (χ3n) is 4.59. The van der Waals surface area contributed by atoms with Crippen LogP contribution in [0.25, 0.3) is 22.6 Å². The molecule has 0 atom stereocenters. The van der Waals surface area contributed by atoms with Crippen LogP contribution in [0, 0.1) is 0 Å². The van der Waals surface area contributed by atoms with E-state index in [0.29, 0.717) is 35.6 Å². The fourth-order valence-electron chi connectivity index (χ4n) is 3.13. The number of hydrogen-bond donors (Lipinski definition) is 1. The van der Waals surface area contributed by atoms with E-state index in [4.69, 9.17) is 4.42 Å². The number of para-hydroxylation sites is 1. The fourth-order valence-corrected chi connectivity index (χ4v) is 3.96. The van der Waals surface area contributed by atoms with Crippen LogP contribution in [0.3, 0.4) is 0 Å². The van der Waals surface area contributed by atoms with Gasteiger partial charge in [0.2, 0.25) is 11.7 Å². The van der Waals surface area contributed by atoms with Gasteiger partial charge >= 0.3 is 0 Å². The van der Waals surface area contributed by atoms with E-state index in [2.05, 4.69) is 27.6 Å². The van der Waals surface area contributed by atoms with Gasteiger partial charge in [0.25, 0.3) is 0 Å². The lowest BCUT2D eigenvalue weighted by Crippen LogP contribution is -2.27. The Morgan fingerprint density at radius 1 is 1.10 bits per heavy atom. The van der Waals surface area contributed by atoms with Gasteiger partial charge in [-0.3, -0.25) is 9.36 Å². The molecule has 0 aliphatic rings. The second-order valence-electron chi connectivity index (χ2n) is 6.57. The highest BCUT2D eigenvalue weighted by Crippen LogP contribution is 2.29. The zero-order valence-electron chi connectivity index (χ0n) is 16.2. The van der Waals surface area contributed by atoms with Crippen molar-refractivity contribution in [3.05, 3.63) is 66.2 Å². The minimum atomic E-state index is -0.0122. The Hall–Kier alpha value is -3.06. The average molecular weight is 407 g/mol. The fraction of sp³-hybridized carbons (Fsp3) is 0.227. The standard InChI is InChI=1S/C22H22N4O2S/c1-2-26-21(19-14-17-10-6-7-11-18(17)28-19)24-25-22(26)29-15-20(27)23-13-12-16-8-4-3-5-9-16/h3-11,14H,2,12-13,15H2,1H3,(H,23,27). The molecule has 29 heavy (non-hydrogen) atoms. The molecular formula is C22H22N4O2S. The van der Waals surface area contributed by atoms with Crippen LogP contribution in [0.2, 0.25) is 0 Å². The number of hydrogen-bond acceptors (Lipinski definition) is 5. The Labute approximate surface area is 173 Å². The summed E-state index contributed by atoms with van der Waals surface area (Å²) in [5.41, 5.74) is 2.03. The van der Waals surface area contributed by atoms with E-state index >= 15 is 0 Å². The molecule has 0 aliphatic carbocycles. The highest BCUT2D eigenvalue weighted by molar-refractivity contribution is 7.99. The Kier molecular flexibility index (Phi) is 5.95. The van der Waals surface area contributed by atoms with Gasteiger partial charge < -0.3 is 9.73 Å². The Morgan fingerprint density at radius 2 is 1.90 bits per heavy atom. The molecule has 2 aromatic heterocycles. The molecule has 0 spiro atoms. The van der Waals surface area contributed by atoms with Gasteiger partial charge in [0, 0.05) is 18.5 Å². The van der Waals surface area contributed by atoms with E-state index < -0.39 is 0 Å². The maximum absolute atomic E-state index is 12.2. The summed E-state index contributed by atoms with van der Waals surface area (Å²) in [6.45, 7) is 3.34. The van der Waals surface area contributed by atoms with Crippen molar-refractivity contribution in [1.82, 2.24) is 20.1 Å². The quantitative estimate of drug-likeness (QED) is 0.445. The van der Waals surface area contributed by atoms with Crippen molar-refractivity contribution in [2.75, 3.05) is 12.3 Å². The molecule has 7 heteroatoms. The summed E-state index contributed by atoms with van der Waals surface area (Å²) < 4.78 is 7.89. The molecule has 0 bridgehead atoms. The van der Waals surface area contributed by atoms with E-state index in [-0.39, 0.29) is 5.91 Å². The molecule has 0 fully saturated rings. The van der Waals surface area contributed by atoms with Gasteiger partial charge in [-0.15, -0.1) is 10.2 Å². The molecule has 4 rings (SSSR count). The third-order valence-corrected chi connectivity index (χ3v) is 5.56. The summed E-state index contributed by atoms with van der Waals surface area (Å²) in [5.74, 6) is 1.64. The highest BCUT2D eigenvalue weighted by atomic mass is 32.2. The largest absolute Gasteiger partial charge is 0.453 e. The van der Waals surface area contributed by atoms with E-state index in [1.807, 2.05) is 60.0 Å². The molecule has 0 aliphatic heterocycles. The second-order valence-corrected chi connectivity index (χ2v) is 7.52. The minimum absolute atomic E-state index is 0.0122. The average Bonchev–Trinajstić information content (AvgIpc) is 3.36. The van der Waals surface area contributed by atoms with Crippen molar-refractivity contribution in [2.45, 2.75) is 25.0 Å². The summed E-state index contributed by atoms with van der Waals surface area (Å²) in [6, 6.07) is 19.9. The summed E-state index contributed by atoms with van der Waals surface area (Å²) in [7, 11) is 0. The smallest absolute Gasteiger partial charge is 0.230 e. The number of rotatable bonds is 8. The van der Waals surface area contributed by atoms with Crippen LogP contribution < -0.4 is 5.32 Å². The first kappa shape index (κ1) is 19.3. The first-order chi connectivity index (χ1) is 14.2. The maximum Gasteiger partial charge on any atom is 0.230 e. The molecule has 0 radical (unpaired) electrons. The lowest BCUT2D eigenvalue weighted by atomic mass is 10.1. The van der Waals surface area contributed by atoms with Crippen LogP contribution in [-0.4, -0.2) is 33.0 Å². The zero-order chi connectivity index (χ0) is 20.1. The molecule has 0 saturated carbocycles. The van der Waals surface area contributed by atoms with Gasteiger partial charge in [-0.05, 0) is 31.0 Å². The van der Waals surface area contributed by atoms with Gasteiger partial charge in [0.15, 0.2) is 10.9 Å². The number of amides is 1. The predicted molar refractivity (Wildman–Crippen MR) is 115 cm³/mol. The second kappa shape index (κ2) is 8.96. The van der Waals surface area contributed by atoms with E-state index in [1.165, 1.54) is 17.3 Å². The number of nitrogens with zero attached hydrogens (tertiary/aromatic N) is 3. The normalized spacial score (nSPS) is 11.1. The van der Waals surface area contributed by atoms with Crippen molar-refractivity contribution in [3.8, 4) is 11.6 Å². The SMILES string of the molecule is CCn1c(SCC(=O)NCCc2ccccc2)nnc1-c1cc2ccccc2o1.